The summed E-state index contributed by atoms with van der Waals surface area (Å²) in [5.41, 5.74) is 1.35. The van der Waals surface area contributed by atoms with Gasteiger partial charge in [-0.2, -0.15) is 0 Å². The maximum absolute atomic E-state index is 12.7. The van der Waals surface area contributed by atoms with Crippen molar-refractivity contribution in [3.63, 3.8) is 0 Å². The highest BCUT2D eigenvalue weighted by Gasteiger charge is 2.23. The molecule has 7 heteroatoms. The molecule has 7 nitrogen and oxygen atoms in total. The number of nitrogens with zero attached hydrogens (tertiary/aromatic N) is 3. The largest absolute Gasteiger partial charge is 0.497 e. The predicted molar refractivity (Wildman–Crippen MR) is 107 cm³/mol. The highest BCUT2D eigenvalue weighted by molar-refractivity contribution is 5.97. The summed E-state index contributed by atoms with van der Waals surface area (Å²) in [4.78, 5) is 24.3. The molecular formula is C21H24N4O3. The quantitative estimate of drug-likeness (QED) is 0.711. The molecule has 28 heavy (non-hydrogen) atoms. The zero-order valence-corrected chi connectivity index (χ0v) is 15.9. The molecule has 1 amide bonds. The van der Waals surface area contributed by atoms with Crippen LogP contribution in [0.2, 0.25) is 0 Å². The SMILES string of the molecule is COc1ccc(OCCN2CCN(C(=O)c3cc4cccnc4[nH]3)CC2)cc1. The maximum atomic E-state index is 12.7. The van der Waals surface area contributed by atoms with Gasteiger partial charge in [-0.25, -0.2) is 4.98 Å². The van der Waals surface area contributed by atoms with Gasteiger partial charge in [-0.05, 0) is 42.5 Å². The number of hydrogen-bond donors (Lipinski definition) is 1. The number of piperazine rings is 1. The van der Waals surface area contributed by atoms with Gasteiger partial charge in [0, 0.05) is 44.3 Å². The van der Waals surface area contributed by atoms with E-state index in [1.807, 2.05) is 47.4 Å². The number of aromatic amines is 1. The fourth-order valence-electron chi connectivity index (χ4n) is 3.38. The molecular weight excluding hydrogens is 356 g/mol. The standard InChI is InChI=1S/C21H24N4O3/c1-27-17-4-6-18(7-5-17)28-14-13-24-9-11-25(12-10-24)21(26)19-15-16-3-2-8-22-20(16)23-19/h2-8,15H,9-14H2,1H3,(H,22,23). The van der Waals surface area contributed by atoms with E-state index in [1.165, 1.54) is 0 Å². The molecule has 0 unspecified atom stereocenters. The smallest absolute Gasteiger partial charge is 0.270 e. The van der Waals surface area contributed by atoms with Crippen LogP contribution in [0.5, 0.6) is 11.5 Å². The number of aromatic nitrogens is 2. The molecule has 0 saturated carbocycles. The average molecular weight is 380 g/mol. The van der Waals surface area contributed by atoms with Gasteiger partial charge in [0.25, 0.3) is 5.91 Å². The molecule has 1 aliphatic rings. The Kier molecular flexibility index (Phi) is 5.43. The van der Waals surface area contributed by atoms with E-state index < -0.39 is 0 Å². The summed E-state index contributed by atoms with van der Waals surface area (Å²) in [6.45, 7) is 4.57. The van der Waals surface area contributed by atoms with Crippen LogP contribution < -0.4 is 9.47 Å². The van der Waals surface area contributed by atoms with Crippen LogP contribution in [-0.4, -0.2) is 72.1 Å². The molecule has 1 aliphatic heterocycles. The van der Waals surface area contributed by atoms with Crippen molar-refractivity contribution in [2.24, 2.45) is 0 Å². The Balaban J connectivity index is 1.24. The summed E-state index contributed by atoms with van der Waals surface area (Å²) in [5.74, 6) is 1.69. The average Bonchev–Trinajstić information content (AvgIpc) is 3.18. The van der Waals surface area contributed by atoms with E-state index in [1.54, 1.807) is 13.3 Å². The van der Waals surface area contributed by atoms with Crippen molar-refractivity contribution in [2.75, 3.05) is 46.4 Å². The summed E-state index contributed by atoms with van der Waals surface area (Å²) < 4.78 is 10.9. The Labute approximate surface area is 163 Å². The molecule has 0 bridgehead atoms. The lowest BCUT2D eigenvalue weighted by atomic mass is 10.2. The van der Waals surface area contributed by atoms with Crippen LogP contribution >= 0.6 is 0 Å². The van der Waals surface area contributed by atoms with Crippen molar-refractivity contribution >= 4 is 16.9 Å². The molecule has 1 N–H and O–H groups in total. The lowest BCUT2D eigenvalue weighted by Crippen LogP contribution is -2.49. The highest BCUT2D eigenvalue weighted by atomic mass is 16.5. The van der Waals surface area contributed by atoms with Crippen LogP contribution in [0, 0.1) is 0 Å². The van der Waals surface area contributed by atoms with Crippen molar-refractivity contribution in [2.45, 2.75) is 0 Å². The normalized spacial score (nSPS) is 15.0. The zero-order valence-electron chi connectivity index (χ0n) is 15.9. The Bertz CT molecular complexity index is 897. The number of carbonyl (C=O) groups excluding carboxylic acids is 1. The van der Waals surface area contributed by atoms with Gasteiger partial charge in [0.05, 0.1) is 7.11 Å². The number of fused-ring (bicyclic) bond motifs is 1. The van der Waals surface area contributed by atoms with E-state index in [4.69, 9.17) is 9.47 Å². The lowest BCUT2D eigenvalue weighted by Gasteiger charge is -2.34. The number of ether oxygens (including phenoxy) is 2. The second-order valence-electron chi connectivity index (χ2n) is 6.78. The van der Waals surface area contributed by atoms with Crippen LogP contribution in [0.4, 0.5) is 0 Å². The van der Waals surface area contributed by atoms with Gasteiger partial charge >= 0.3 is 0 Å². The summed E-state index contributed by atoms with van der Waals surface area (Å²) in [7, 11) is 1.65. The van der Waals surface area contributed by atoms with Crippen LogP contribution in [0.3, 0.4) is 0 Å². The number of rotatable bonds is 6. The summed E-state index contributed by atoms with van der Waals surface area (Å²) >= 11 is 0. The summed E-state index contributed by atoms with van der Waals surface area (Å²) in [6, 6.07) is 13.3. The fraction of sp³-hybridized carbons (Fsp3) is 0.333. The first-order valence-corrected chi connectivity index (χ1v) is 9.45. The molecule has 4 rings (SSSR count). The van der Waals surface area contributed by atoms with Crippen LogP contribution in [0.25, 0.3) is 11.0 Å². The van der Waals surface area contributed by atoms with E-state index in [2.05, 4.69) is 14.9 Å². The van der Waals surface area contributed by atoms with Crippen molar-refractivity contribution in [3.05, 3.63) is 54.4 Å². The molecule has 2 aromatic heterocycles. The van der Waals surface area contributed by atoms with Gasteiger partial charge in [0.2, 0.25) is 0 Å². The molecule has 3 aromatic rings. The van der Waals surface area contributed by atoms with Gasteiger partial charge in [0.15, 0.2) is 0 Å². The van der Waals surface area contributed by atoms with E-state index in [9.17, 15) is 4.79 Å². The maximum Gasteiger partial charge on any atom is 0.270 e. The third-order valence-corrected chi connectivity index (χ3v) is 5.02. The van der Waals surface area contributed by atoms with E-state index in [-0.39, 0.29) is 5.91 Å². The fourth-order valence-corrected chi connectivity index (χ4v) is 3.38. The molecule has 0 atom stereocenters. The molecule has 0 aliphatic carbocycles. The molecule has 1 saturated heterocycles. The second kappa shape index (κ2) is 8.31. The number of benzene rings is 1. The highest BCUT2D eigenvalue weighted by Crippen LogP contribution is 2.17. The first kappa shape index (κ1) is 18.3. The van der Waals surface area contributed by atoms with Gasteiger partial charge in [0.1, 0.15) is 29.4 Å². The van der Waals surface area contributed by atoms with Gasteiger partial charge < -0.3 is 19.4 Å². The van der Waals surface area contributed by atoms with Gasteiger partial charge in [-0.3, -0.25) is 9.69 Å². The Morgan fingerprint density at radius 3 is 2.57 bits per heavy atom. The summed E-state index contributed by atoms with van der Waals surface area (Å²) in [5, 5.41) is 0.958. The number of nitrogens with one attached hydrogen (secondary N) is 1. The van der Waals surface area contributed by atoms with Crippen LogP contribution in [0.1, 0.15) is 10.5 Å². The number of amides is 1. The van der Waals surface area contributed by atoms with Crippen LogP contribution in [0.15, 0.2) is 48.7 Å². The van der Waals surface area contributed by atoms with Crippen molar-refractivity contribution in [1.82, 2.24) is 19.8 Å². The minimum Gasteiger partial charge on any atom is -0.497 e. The molecule has 0 spiro atoms. The number of H-pyrrole nitrogens is 1. The number of carbonyl (C=O) groups is 1. The third-order valence-electron chi connectivity index (χ3n) is 5.02. The third kappa shape index (κ3) is 4.09. The van der Waals surface area contributed by atoms with Gasteiger partial charge in [-0.15, -0.1) is 0 Å². The Hall–Kier alpha value is -3.06. The lowest BCUT2D eigenvalue weighted by molar-refractivity contribution is 0.0615. The number of pyridine rings is 1. The Morgan fingerprint density at radius 2 is 1.86 bits per heavy atom. The van der Waals surface area contributed by atoms with E-state index >= 15 is 0 Å². The molecule has 1 aromatic carbocycles. The number of methoxy groups -OCH3 is 1. The van der Waals surface area contributed by atoms with Crippen molar-refractivity contribution in [3.8, 4) is 11.5 Å². The second-order valence-corrected chi connectivity index (χ2v) is 6.78. The molecule has 146 valence electrons. The summed E-state index contributed by atoms with van der Waals surface area (Å²) in [6.07, 6.45) is 1.72. The van der Waals surface area contributed by atoms with E-state index in [0.29, 0.717) is 25.4 Å². The predicted octanol–water partition coefficient (Wildman–Crippen LogP) is 2.41. The van der Waals surface area contributed by atoms with Crippen molar-refractivity contribution in [1.29, 1.82) is 0 Å². The topological polar surface area (TPSA) is 70.7 Å². The minimum atomic E-state index is 0.0344. The van der Waals surface area contributed by atoms with Crippen LogP contribution in [-0.2, 0) is 0 Å². The van der Waals surface area contributed by atoms with Gasteiger partial charge in [-0.1, -0.05) is 0 Å². The molecule has 1 fully saturated rings. The first-order chi connectivity index (χ1) is 13.7. The van der Waals surface area contributed by atoms with E-state index in [0.717, 1.165) is 42.2 Å². The van der Waals surface area contributed by atoms with Crippen molar-refractivity contribution < 1.29 is 14.3 Å². The molecule has 0 radical (unpaired) electrons. The Morgan fingerprint density at radius 1 is 1.11 bits per heavy atom. The minimum absolute atomic E-state index is 0.0344. The monoisotopic (exact) mass is 380 g/mol. The first-order valence-electron chi connectivity index (χ1n) is 9.45. The molecule has 3 heterocycles. The number of hydrogen-bond acceptors (Lipinski definition) is 5. The zero-order chi connectivity index (χ0) is 19.3.